The fourth-order valence-electron chi connectivity index (χ4n) is 4.98. The molecule has 0 amide bonds. The first-order valence-electron chi connectivity index (χ1n) is 11.7. The molecule has 0 aliphatic carbocycles. The molecule has 1 aliphatic heterocycles. The summed E-state index contributed by atoms with van der Waals surface area (Å²) in [5, 5.41) is 17.7. The maximum absolute atomic E-state index is 5.82. The van der Waals surface area contributed by atoms with E-state index in [4.69, 9.17) is 24.1 Å². The number of methoxy groups -OCH3 is 2. The summed E-state index contributed by atoms with van der Waals surface area (Å²) in [7, 11) is 5.25. The molecule has 0 fully saturated rings. The number of fused-ring (bicyclic) bond motifs is 4. The zero-order valence-electron chi connectivity index (χ0n) is 21.0. The van der Waals surface area contributed by atoms with Crippen LogP contribution in [0.3, 0.4) is 0 Å². The number of amidine groups is 1. The van der Waals surface area contributed by atoms with E-state index >= 15 is 0 Å². The van der Waals surface area contributed by atoms with E-state index in [9.17, 15) is 0 Å². The highest BCUT2D eigenvalue weighted by Gasteiger charge is 2.27. The average Bonchev–Trinajstić information content (AvgIpc) is 3.49. The second kappa shape index (κ2) is 8.04. The van der Waals surface area contributed by atoms with Crippen molar-refractivity contribution >= 4 is 39.3 Å². The van der Waals surface area contributed by atoms with Gasteiger partial charge in [-0.2, -0.15) is 5.10 Å². The molecule has 10 heteroatoms. The number of ether oxygens (including phenoxy) is 2. The monoisotopic (exact) mass is 485 g/mol. The summed E-state index contributed by atoms with van der Waals surface area (Å²) in [5.41, 5.74) is 5.53. The van der Waals surface area contributed by atoms with Crippen molar-refractivity contribution < 1.29 is 14.0 Å². The SMILES string of the molecule is COc1ccc2c(c1)c(NC1=NC(C)Nc3[nH]c4cc(-c5c(C)noc5C)c(OC)cc4c31)nn2C. The maximum Gasteiger partial charge on any atom is 0.161 e. The lowest BCUT2D eigenvalue weighted by Crippen LogP contribution is -2.27. The van der Waals surface area contributed by atoms with Crippen LogP contribution in [0.25, 0.3) is 32.9 Å². The number of aromatic amines is 1. The molecule has 4 heterocycles. The Balaban J connectivity index is 1.50. The van der Waals surface area contributed by atoms with Crippen molar-refractivity contribution in [2.45, 2.75) is 26.9 Å². The van der Waals surface area contributed by atoms with E-state index in [0.29, 0.717) is 5.82 Å². The second-order valence-corrected chi connectivity index (χ2v) is 8.95. The summed E-state index contributed by atoms with van der Waals surface area (Å²) in [4.78, 5) is 8.42. The van der Waals surface area contributed by atoms with Crippen LogP contribution in [0.5, 0.6) is 11.5 Å². The highest BCUT2D eigenvalue weighted by Crippen LogP contribution is 2.41. The van der Waals surface area contributed by atoms with Gasteiger partial charge in [0.1, 0.15) is 35.1 Å². The Kier molecular flexibility index (Phi) is 4.92. The van der Waals surface area contributed by atoms with Gasteiger partial charge in [-0.05, 0) is 51.1 Å². The summed E-state index contributed by atoms with van der Waals surface area (Å²) in [6, 6.07) is 10.0. The Bertz CT molecular complexity index is 1650. The predicted octanol–water partition coefficient (Wildman–Crippen LogP) is 4.97. The van der Waals surface area contributed by atoms with Crippen LogP contribution in [0.1, 0.15) is 23.9 Å². The van der Waals surface area contributed by atoms with Gasteiger partial charge in [-0.3, -0.25) is 4.68 Å². The third-order valence-electron chi connectivity index (χ3n) is 6.63. The topological polar surface area (TPSA) is 115 Å². The highest BCUT2D eigenvalue weighted by atomic mass is 16.5. The van der Waals surface area contributed by atoms with Crippen molar-refractivity contribution in [3.63, 3.8) is 0 Å². The standard InChI is InChI=1S/C26H27N7O3/c1-12-22(13(2)36-32-12)18-10-19-16(11-21(18)35-6)23-25(29-19)27-14(3)28-26(23)30-24-17-9-15(34-5)7-8-20(17)33(4)31-24/h7-11,14,27,29H,1-6H3,(H,28,30,31). The number of aromatic nitrogens is 4. The smallest absolute Gasteiger partial charge is 0.161 e. The largest absolute Gasteiger partial charge is 0.497 e. The van der Waals surface area contributed by atoms with Gasteiger partial charge in [0, 0.05) is 28.9 Å². The average molecular weight is 486 g/mol. The molecule has 0 radical (unpaired) electrons. The van der Waals surface area contributed by atoms with E-state index < -0.39 is 0 Å². The molecule has 3 aromatic heterocycles. The Morgan fingerprint density at radius 2 is 1.89 bits per heavy atom. The summed E-state index contributed by atoms with van der Waals surface area (Å²) >= 11 is 0. The van der Waals surface area contributed by atoms with E-state index in [1.807, 2.05) is 56.8 Å². The number of aliphatic imine (C=N–C) groups is 1. The molecule has 5 aromatic rings. The number of nitrogens with one attached hydrogen (secondary N) is 3. The molecule has 10 nitrogen and oxygen atoms in total. The van der Waals surface area contributed by atoms with Gasteiger partial charge in [0.2, 0.25) is 0 Å². The molecule has 1 unspecified atom stereocenters. The second-order valence-electron chi connectivity index (χ2n) is 8.95. The van der Waals surface area contributed by atoms with Crippen molar-refractivity contribution in [2.24, 2.45) is 12.0 Å². The van der Waals surface area contributed by atoms with Gasteiger partial charge in [0.05, 0.1) is 36.6 Å². The number of nitrogens with zero attached hydrogens (tertiary/aromatic N) is 4. The molecule has 0 bridgehead atoms. The molecule has 2 aromatic carbocycles. The predicted molar refractivity (Wildman–Crippen MR) is 140 cm³/mol. The number of benzene rings is 2. The van der Waals surface area contributed by atoms with Crippen molar-refractivity contribution in [1.82, 2.24) is 19.9 Å². The van der Waals surface area contributed by atoms with Crippen LogP contribution in [0, 0.1) is 13.8 Å². The van der Waals surface area contributed by atoms with Crippen LogP contribution in [0.4, 0.5) is 11.6 Å². The minimum Gasteiger partial charge on any atom is -0.497 e. The first-order chi connectivity index (χ1) is 17.4. The van der Waals surface area contributed by atoms with E-state index in [0.717, 1.165) is 73.1 Å². The van der Waals surface area contributed by atoms with Crippen molar-refractivity contribution in [3.05, 3.63) is 47.3 Å². The van der Waals surface area contributed by atoms with Crippen LogP contribution >= 0.6 is 0 Å². The first kappa shape index (κ1) is 22.0. The fourth-order valence-corrected chi connectivity index (χ4v) is 4.98. The van der Waals surface area contributed by atoms with Gasteiger partial charge in [-0.25, -0.2) is 4.99 Å². The van der Waals surface area contributed by atoms with Crippen molar-refractivity contribution in [2.75, 3.05) is 24.9 Å². The molecule has 1 aliphatic rings. The summed E-state index contributed by atoms with van der Waals surface area (Å²) < 4.78 is 18.5. The van der Waals surface area contributed by atoms with Crippen LogP contribution < -0.4 is 20.1 Å². The highest BCUT2D eigenvalue weighted by molar-refractivity contribution is 6.22. The molecule has 184 valence electrons. The van der Waals surface area contributed by atoms with Gasteiger partial charge in [-0.15, -0.1) is 0 Å². The molecule has 0 saturated heterocycles. The van der Waals surface area contributed by atoms with Crippen LogP contribution in [0.2, 0.25) is 0 Å². The van der Waals surface area contributed by atoms with Gasteiger partial charge >= 0.3 is 0 Å². The lowest BCUT2D eigenvalue weighted by atomic mass is 10.00. The Morgan fingerprint density at radius 1 is 1.06 bits per heavy atom. The summed E-state index contributed by atoms with van der Waals surface area (Å²) in [6.07, 6.45) is -0.137. The molecular weight excluding hydrogens is 458 g/mol. The third-order valence-corrected chi connectivity index (χ3v) is 6.63. The third kappa shape index (κ3) is 3.29. The number of hydrogen-bond donors (Lipinski definition) is 3. The Hall–Kier alpha value is -4.47. The van der Waals surface area contributed by atoms with E-state index in [2.05, 4.69) is 26.8 Å². The Labute approximate surface area is 207 Å². The quantitative estimate of drug-likeness (QED) is 0.329. The number of H-pyrrole nitrogens is 1. The molecule has 36 heavy (non-hydrogen) atoms. The molecule has 3 N–H and O–H groups in total. The number of anilines is 2. The summed E-state index contributed by atoms with van der Waals surface area (Å²) in [5.74, 6) is 4.55. The van der Waals surface area contributed by atoms with Gasteiger partial charge in [-0.1, -0.05) is 5.16 Å². The van der Waals surface area contributed by atoms with Crippen LogP contribution in [0.15, 0.2) is 39.8 Å². The lowest BCUT2D eigenvalue weighted by Gasteiger charge is -2.21. The van der Waals surface area contributed by atoms with E-state index in [-0.39, 0.29) is 6.17 Å². The van der Waals surface area contributed by atoms with Gasteiger partial charge in [0.15, 0.2) is 5.82 Å². The number of hydrogen-bond acceptors (Lipinski definition) is 8. The normalized spacial score (nSPS) is 15.1. The van der Waals surface area contributed by atoms with E-state index in [1.165, 1.54) is 0 Å². The van der Waals surface area contributed by atoms with E-state index in [1.54, 1.807) is 14.2 Å². The first-order valence-corrected chi connectivity index (χ1v) is 11.7. The molecular formula is C26H27N7O3. The summed E-state index contributed by atoms with van der Waals surface area (Å²) in [6.45, 7) is 5.84. The number of aryl methyl sites for hydroxylation is 3. The molecule has 0 spiro atoms. The number of rotatable bonds is 4. The molecule has 1 atom stereocenters. The van der Waals surface area contributed by atoms with Gasteiger partial charge in [0.25, 0.3) is 0 Å². The maximum atomic E-state index is 5.82. The molecule has 6 rings (SSSR count). The minimum atomic E-state index is -0.137. The Morgan fingerprint density at radius 3 is 2.61 bits per heavy atom. The van der Waals surface area contributed by atoms with Crippen LogP contribution in [-0.2, 0) is 7.05 Å². The fraction of sp³-hybridized carbons (Fsp3) is 0.269. The van der Waals surface area contributed by atoms with Crippen molar-refractivity contribution in [3.8, 4) is 22.6 Å². The van der Waals surface area contributed by atoms with Crippen molar-refractivity contribution in [1.29, 1.82) is 0 Å². The molecule has 0 saturated carbocycles. The van der Waals surface area contributed by atoms with Gasteiger partial charge < -0.3 is 29.6 Å². The van der Waals surface area contributed by atoms with Crippen LogP contribution in [-0.4, -0.2) is 46.1 Å². The lowest BCUT2D eigenvalue weighted by molar-refractivity contribution is 0.393. The zero-order chi connectivity index (χ0) is 25.1. The minimum absolute atomic E-state index is 0.137. The zero-order valence-corrected chi connectivity index (χ0v) is 21.0.